The summed E-state index contributed by atoms with van der Waals surface area (Å²) in [4.78, 5) is 13.4. The van der Waals surface area contributed by atoms with Crippen molar-refractivity contribution in [3.8, 4) is 12.1 Å². The van der Waals surface area contributed by atoms with Gasteiger partial charge in [0.15, 0.2) is 5.41 Å². The quantitative estimate of drug-likeness (QED) is 0.570. The van der Waals surface area contributed by atoms with E-state index in [1.54, 1.807) is 0 Å². The lowest BCUT2D eigenvalue weighted by Crippen LogP contribution is -2.43. The van der Waals surface area contributed by atoms with E-state index in [0.29, 0.717) is 5.92 Å². The molecule has 2 saturated carbocycles. The standard InChI is InChI=1S/C28H30N2O2/c1-19-14-15-22(27(2,3)21-12-8-5-9-13-21)23(16-19)32-26(31)25-24(28(25,17-29)18-30)20-10-6-4-7-11-20/h4-13,19,22-25H,14-16H2,1-3H3/t19-,22-,23-,24+,25-/m1/s1. The van der Waals surface area contributed by atoms with Crippen LogP contribution in [0, 0.1) is 45.8 Å². The van der Waals surface area contributed by atoms with E-state index >= 15 is 0 Å². The number of hydrogen-bond acceptors (Lipinski definition) is 4. The molecule has 0 heterocycles. The van der Waals surface area contributed by atoms with E-state index in [4.69, 9.17) is 4.74 Å². The molecule has 0 radical (unpaired) electrons. The van der Waals surface area contributed by atoms with Gasteiger partial charge in [-0.15, -0.1) is 0 Å². The van der Waals surface area contributed by atoms with E-state index in [1.807, 2.05) is 48.5 Å². The smallest absolute Gasteiger partial charge is 0.312 e. The van der Waals surface area contributed by atoms with Crippen LogP contribution in [-0.2, 0) is 14.9 Å². The average molecular weight is 427 g/mol. The fraction of sp³-hybridized carbons (Fsp3) is 0.464. The predicted octanol–water partition coefficient (Wildman–Crippen LogP) is 5.76. The number of rotatable bonds is 5. The second-order valence-electron chi connectivity index (χ2n) is 10.0. The van der Waals surface area contributed by atoms with Gasteiger partial charge in [0.05, 0.1) is 18.1 Å². The number of ether oxygens (including phenoxy) is 1. The van der Waals surface area contributed by atoms with Gasteiger partial charge >= 0.3 is 5.97 Å². The monoisotopic (exact) mass is 426 g/mol. The van der Waals surface area contributed by atoms with Crippen LogP contribution >= 0.6 is 0 Å². The molecule has 2 aromatic carbocycles. The zero-order valence-corrected chi connectivity index (χ0v) is 19.0. The molecule has 5 atom stereocenters. The molecule has 2 aromatic rings. The zero-order chi connectivity index (χ0) is 22.9. The SMILES string of the molecule is C[C@@H]1CC[C@@H](C(C)(C)c2ccccc2)[C@H](OC(=O)[C@H]2[C@H](c3ccccc3)C2(C#N)C#N)C1. The Labute approximate surface area is 190 Å². The van der Waals surface area contributed by atoms with Crippen LogP contribution in [0.15, 0.2) is 60.7 Å². The molecule has 0 saturated heterocycles. The first-order valence-corrected chi connectivity index (χ1v) is 11.5. The largest absolute Gasteiger partial charge is 0.462 e. The van der Waals surface area contributed by atoms with Gasteiger partial charge in [0, 0.05) is 11.8 Å². The second kappa shape index (κ2) is 8.44. The number of carbonyl (C=O) groups is 1. The van der Waals surface area contributed by atoms with Gasteiger partial charge in [-0.3, -0.25) is 4.79 Å². The Morgan fingerprint density at radius 3 is 2.19 bits per heavy atom. The number of esters is 1. The van der Waals surface area contributed by atoms with Crippen LogP contribution in [0.5, 0.6) is 0 Å². The maximum absolute atomic E-state index is 13.4. The van der Waals surface area contributed by atoms with Gasteiger partial charge in [0.2, 0.25) is 0 Å². The Balaban J connectivity index is 1.59. The van der Waals surface area contributed by atoms with Crippen molar-refractivity contribution in [1.82, 2.24) is 0 Å². The van der Waals surface area contributed by atoms with Crippen molar-refractivity contribution >= 4 is 5.97 Å². The molecule has 0 amide bonds. The minimum absolute atomic E-state index is 0.156. The third kappa shape index (κ3) is 3.69. The lowest BCUT2D eigenvalue weighted by Gasteiger charge is -2.44. The summed E-state index contributed by atoms with van der Waals surface area (Å²) in [6.45, 7) is 6.65. The highest BCUT2D eigenvalue weighted by atomic mass is 16.5. The van der Waals surface area contributed by atoms with Crippen LogP contribution in [-0.4, -0.2) is 12.1 Å². The highest BCUT2D eigenvalue weighted by Crippen LogP contribution is 2.65. The van der Waals surface area contributed by atoms with Crippen molar-refractivity contribution in [3.63, 3.8) is 0 Å². The molecule has 2 aliphatic carbocycles. The van der Waals surface area contributed by atoms with Gasteiger partial charge in [-0.25, -0.2) is 0 Å². The van der Waals surface area contributed by atoms with E-state index in [-0.39, 0.29) is 17.4 Å². The first-order valence-electron chi connectivity index (χ1n) is 11.5. The van der Waals surface area contributed by atoms with E-state index in [2.05, 4.69) is 45.0 Å². The van der Waals surface area contributed by atoms with E-state index in [0.717, 1.165) is 24.8 Å². The fourth-order valence-electron chi connectivity index (χ4n) is 5.72. The lowest BCUT2D eigenvalue weighted by molar-refractivity contribution is -0.158. The van der Waals surface area contributed by atoms with Crippen molar-refractivity contribution in [1.29, 1.82) is 10.5 Å². The number of carbonyl (C=O) groups excluding carboxylic acids is 1. The highest BCUT2D eigenvalue weighted by Gasteiger charge is 2.72. The van der Waals surface area contributed by atoms with Crippen LogP contribution in [0.2, 0.25) is 0 Å². The molecular weight excluding hydrogens is 396 g/mol. The Hall–Kier alpha value is -3.11. The predicted molar refractivity (Wildman–Crippen MR) is 122 cm³/mol. The molecule has 2 aliphatic rings. The molecule has 0 N–H and O–H groups in total. The lowest BCUT2D eigenvalue weighted by atomic mass is 9.64. The van der Waals surface area contributed by atoms with Crippen LogP contribution < -0.4 is 0 Å². The summed E-state index contributed by atoms with van der Waals surface area (Å²) in [5, 5.41) is 19.6. The maximum Gasteiger partial charge on any atom is 0.312 e. The first kappa shape index (κ1) is 22.1. The average Bonchev–Trinajstić information content (AvgIpc) is 3.50. The summed E-state index contributed by atoms with van der Waals surface area (Å²) in [5.74, 6) is -0.936. The zero-order valence-electron chi connectivity index (χ0n) is 19.0. The minimum atomic E-state index is -1.34. The van der Waals surface area contributed by atoms with Gasteiger partial charge in [0.25, 0.3) is 0 Å². The Morgan fingerprint density at radius 2 is 1.59 bits per heavy atom. The van der Waals surface area contributed by atoms with Crippen LogP contribution in [0.25, 0.3) is 0 Å². The van der Waals surface area contributed by atoms with Crippen LogP contribution in [0.1, 0.15) is 57.1 Å². The summed E-state index contributed by atoms with van der Waals surface area (Å²) in [6, 6.07) is 24.0. The Bertz CT molecular complexity index is 1030. The van der Waals surface area contributed by atoms with Crippen LogP contribution in [0.3, 0.4) is 0 Å². The summed E-state index contributed by atoms with van der Waals surface area (Å²) in [7, 11) is 0. The van der Waals surface area contributed by atoms with Gasteiger partial charge in [-0.05, 0) is 35.3 Å². The summed E-state index contributed by atoms with van der Waals surface area (Å²) >= 11 is 0. The number of hydrogen-bond donors (Lipinski definition) is 0. The van der Waals surface area contributed by atoms with E-state index in [1.165, 1.54) is 5.56 Å². The molecule has 0 unspecified atom stereocenters. The number of nitrogens with zero attached hydrogens (tertiary/aromatic N) is 2. The Morgan fingerprint density at radius 1 is 1.00 bits per heavy atom. The number of nitriles is 2. The molecule has 32 heavy (non-hydrogen) atoms. The molecule has 0 aliphatic heterocycles. The Kier molecular flexibility index (Phi) is 5.83. The van der Waals surface area contributed by atoms with Gasteiger partial charge < -0.3 is 4.74 Å². The normalized spacial score (nSPS) is 28.7. The first-order chi connectivity index (χ1) is 15.3. The van der Waals surface area contributed by atoms with Crippen LogP contribution in [0.4, 0.5) is 0 Å². The molecule has 4 nitrogen and oxygen atoms in total. The van der Waals surface area contributed by atoms with E-state index in [9.17, 15) is 15.3 Å². The van der Waals surface area contributed by atoms with Gasteiger partial charge in [-0.2, -0.15) is 10.5 Å². The topological polar surface area (TPSA) is 73.9 Å². The molecule has 164 valence electrons. The summed E-state index contributed by atoms with van der Waals surface area (Å²) in [5.41, 5.74) is 0.577. The van der Waals surface area contributed by atoms with Crippen molar-refractivity contribution in [2.45, 2.75) is 57.5 Å². The maximum atomic E-state index is 13.4. The molecule has 0 aromatic heterocycles. The van der Waals surface area contributed by atoms with Crippen molar-refractivity contribution in [2.75, 3.05) is 0 Å². The second-order valence-corrected chi connectivity index (χ2v) is 10.0. The van der Waals surface area contributed by atoms with Crippen molar-refractivity contribution in [2.24, 2.45) is 23.2 Å². The fourth-order valence-corrected chi connectivity index (χ4v) is 5.72. The molecule has 2 fully saturated rings. The van der Waals surface area contributed by atoms with Crippen molar-refractivity contribution < 1.29 is 9.53 Å². The molecular formula is C28H30N2O2. The van der Waals surface area contributed by atoms with Gasteiger partial charge in [-0.1, -0.05) is 87.9 Å². The highest BCUT2D eigenvalue weighted by molar-refractivity contribution is 5.82. The van der Waals surface area contributed by atoms with Crippen molar-refractivity contribution in [3.05, 3.63) is 71.8 Å². The number of benzene rings is 2. The molecule has 0 spiro atoms. The van der Waals surface area contributed by atoms with E-state index < -0.39 is 23.2 Å². The third-order valence-corrected chi connectivity index (χ3v) is 7.75. The molecule has 4 heteroatoms. The summed E-state index contributed by atoms with van der Waals surface area (Å²) < 4.78 is 6.18. The van der Waals surface area contributed by atoms with Gasteiger partial charge in [0.1, 0.15) is 6.10 Å². The third-order valence-electron chi connectivity index (χ3n) is 7.75. The molecule has 0 bridgehead atoms. The summed E-state index contributed by atoms with van der Waals surface area (Å²) in [6.07, 6.45) is 2.66. The molecule has 4 rings (SSSR count). The minimum Gasteiger partial charge on any atom is -0.462 e.